The van der Waals surface area contributed by atoms with Gasteiger partial charge >= 0.3 is 0 Å². The predicted octanol–water partition coefficient (Wildman–Crippen LogP) is 0.117. The van der Waals surface area contributed by atoms with Crippen LogP contribution in [0.15, 0.2) is 23.1 Å². The van der Waals surface area contributed by atoms with Gasteiger partial charge in [0, 0.05) is 18.0 Å². The zero-order chi connectivity index (χ0) is 12.5. The summed E-state index contributed by atoms with van der Waals surface area (Å²) in [5.74, 6) is 0. The van der Waals surface area contributed by atoms with Crippen LogP contribution in [0.2, 0.25) is 0 Å². The van der Waals surface area contributed by atoms with Crippen LogP contribution in [0.25, 0.3) is 0 Å². The molecule has 5 N–H and O–H groups in total. The summed E-state index contributed by atoms with van der Waals surface area (Å²) in [4.78, 5) is 0.0129. The molecule has 1 fully saturated rings. The second-order valence-electron chi connectivity index (χ2n) is 4.04. The third kappa shape index (κ3) is 3.09. The van der Waals surface area contributed by atoms with Gasteiger partial charge in [0.15, 0.2) is 0 Å². The number of sulfonamides is 1. The fourth-order valence-electron chi connectivity index (χ4n) is 1.75. The molecular formula is C10H15N3O3S. The Kier molecular flexibility index (Phi) is 3.23. The van der Waals surface area contributed by atoms with Gasteiger partial charge in [-0.05, 0) is 24.6 Å². The van der Waals surface area contributed by atoms with Crippen LogP contribution in [0.3, 0.4) is 0 Å². The van der Waals surface area contributed by atoms with Crippen molar-refractivity contribution in [3.8, 4) is 0 Å². The summed E-state index contributed by atoms with van der Waals surface area (Å²) in [6, 6.07) is 4.67. The summed E-state index contributed by atoms with van der Waals surface area (Å²) in [7, 11) is -3.73. The highest BCUT2D eigenvalue weighted by atomic mass is 32.2. The van der Waals surface area contributed by atoms with Crippen LogP contribution < -0.4 is 16.2 Å². The van der Waals surface area contributed by atoms with E-state index in [1.54, 1.807) is 6.07 Å². The molecule has 0 aliphatic carbocycles. The smallest absolute Gasteiger partial charge is 0.238 e. The fraction of sp³-hybridized carbons (Fsp3) is 0.400. The number of nitrogens with two attached hydrogens (primary N) is 2. The fourth-order valence-corrected chi connectivity index (χ4v) is 2.35. The second kappa shape index (κ2) is 4.52. The molecule has 6 nitrogen and oxygen atoms in total. The SMILES string of the molecule is Nc1cc(NC2CCOC2)cc(S(N)(=O)=O)c1. The molecule has 1 aromatic carbocycles. The maximum Gasteiger partial charge on any atom is 0.238 e. The Labute approximate surface area is 100.0 Å². The quantitative estimate of drug-likeness (QED) is 0.666. The molecule has 0 saturated carbocycles. The molecule has 17 heavy (non-hydrogen) atoms. The van der Waals surface area contributed by atoms with Crippen molar-refractivity contribution in [2.45, 2.75) is 17.4 Å². The van der Waals surface area contributed by atoms with E-state index in [0.29, 0.717) is 24.6 Å². The number of hydrogen-bond donors (Lipinski definition) is 3. The first-order valence-corrected chi connectivity index (χ1v) is 6.77. The molecule has 1 saturated heterocycles. The van der Waals surface area contributed by atoms with E-state index in [2.05, 4.69) is 5.32 Å². The number of benzene rings is 1. The molecule has 1 unspecified atom stereocenters. The average molecular weight is 257 g/mol. The van der Waals surface area contributed by atoms with Crippen LogP contribution in [0.4, 0.5) is 11.4 Å². The van der Waals surface area contributed by atoms with E-state index in [1.165, 1.54) is 12.1 Å². The Balaban J connectivity index is 2.25. The summed E-state index contributed by atoms with van der Waals surface area (Å²) in [6.45, 7) is 1.32. The summed E-state index contributed by atoms with van der Waals surface area (Å²) in [5, 5.41) is 8.24. The molecule has 0 radical (unpaired) electrons. The molecule has 2 rings (SSSR count). The van der Waals surface area contributed by atoms with E-state index >= 15 is 0 Å². The van der Waals surface area contributed by atoms with Crippen molar-refractivity contribution in [2.24, 2.45) is 5.14 Å². The lowest BCUT2D eigenvalue weighted by atomic mass is 10.2. The largest absolute Gasteiger partial charge is 0.399 e. The number of ether oxygens (including phenoxy) is 1. The Hall–Kier alpha value is -1.31. The van der Waals surface area contributed by atoms with Crippen LogP contribution in [0, 0.1) is 0 Å². The van der Waals surface area contributed by atoms with Crippen LogP contribution >= 0.6 is 0 Å². The van der Waals surface area contributed by atoms with Gasteiger partial charge in [-0.15, -0.1) is 0 Å². The highest BCUT2D eigenvalue weighted by Gasteiger charge is 2.16. The Morgan fingerprint density at radius 1 is 1.35 bits per heavy atom. The molecule has 1 aromatic rings. The molecule has 1 aliphatic heterocycles. The van der Waals surface area contributed by atoms with E-state index in [-0.39, 0.29) is 10.9 Å². The lowest BCUT2D eigenvalue weighted by Crippen LogP contribution is -2.20. The number of rotatable bonds is 3. The maximum absolute atomic E-state index is 11.2. The first-order valence-electron chi connectivity index (χ1n) is 5.23. The summed E-state index contributed by atoms with van der Waals surface area (Å²) < 4.78 is 27.7. The topological polar surface area (TPSA) is 107 Å². The Bertz CT molecular complexity index is 510. The monoisotopic (exact) mass is 257 g/mol. The van der Waals surface area contributed by atoms with Crippen molar-refractivity contribution in [2.75, 3.05) is 24.3 Å². The first kappa shape index (κ1) is 12.2. The van der Waals surface area contributed by atoms with Crippen LogP contribution in [-0.4, -0.2) is 27.7 Å². The lowest BCUT2D eigenvalue weighted by Gasteiger charge is -2.13. The minimum Gasteiger partial charge on any atom is -0.399 e. The van der Waals surface area contributed by atoms with Gasteiger partial charge < -0.3 is 15.8 Å². The zero-order valence-corrected chi connectivity index (χ0v) is 10.0. The molecule has 1 heterocycles. The third-order valence-electron chi connectivity index (χ3n) is 2.56. The molecule has 0 bridgehead atoms. The minimum atomic E-state index is -3.73. The molecular weight excluding hydrogens is 242 g/mol. The first-order chi connectivity index (χ1) is 7.95. The van der Waals surface area contributed by atoms with Gasteiger partial charge in [0.25, 0.3) is 0 Å². The molecule has 0 aromatic heterocycles. The van der Waals surface area contributed by atoms with Gasteiger partial charge in [0.05, 0.1) is 17.5 Å². The van der Waals surface area contributed by atoms with E-state index in [1.807, 2.05) is 0 Å². The van der Waals surface area contributed by atoms with Crippen molar-refractivity contribution < 1.29 is 13.2 Å². The van der Waals surface area contributed by atoms with Crippen molar-refractivity contribution in [1.29, 1.82) is 0 Å². The van der Waals surface area contributed by atoms with Gasteiger partial charge in [-0.2, -0.15) is 0 Å². The molecule has 0 amide bonds. The Morgan fingerprint density at radius 3 is 2.71 bits per heavy atom. The van der Waals surface area contributed by atoms with E-state index < -0.39 is 10.0 Å². The van der Waals surface area contributed by atoms with E-state index in [4.69, 9.17) is 15.6 Å². The van der Waals surface area contributed by atoms with E-state index in [0.717, 1.165) is 6.42 Å². The van der Waals surface area contributed by atoms with Crippen molar-refractivity contribution >= 4 is 21.4 Å². The number of hydrogen-bond acceptors (Lipinski definition) is 5. The zero-order valence-electron chi connectivity index (χ0n) is 9.22. The summed E-state index contributed by atoms with van der Waals surface area (Å²) in [5.41, 5.74) is 6.64. The highest BCUT2D eigenvalue weighted by molar-refractivity contribution is 7.89. The summed E-state index contributed by atoms with van der Waals surface area (Å²) >= 11 is 0. The number of nitrogen functional groups attached to an aromatic ring is 1. The molecule has 1 atom stereocenters. The standard InChI is InChI=1S/C10H15N3O3S/c11-7-3-9(13-8-1-2-16-6-8)5-10(4-7)17(12,14)15/h3-5,8,13H,1-2,6,11H2,(H2,12,14,15). The van der Waals surface area contributed by atoms with Crippen LogP contribution in [-0.2, 0) is 14.8 Å². The number of primary sulfonamides is 1. The van der Waals surface area contributed by atoms with Crippen LogP contribution in [0.1, 0.15) is 6.42 Å². The van der Waals surface area contributed by atoms with Gasteiger partial charge in [-0.25, -0.2) is 13.6 Å². The molecule has 1 aliphatic rings. The molecule has 94 valence electrons. The van der Waals surface area contributed by atoms with Crippen molar-refractivity contribution in [3.05, 3.63) is 18.2 Å². The van der Waals surface area contributed by atoms with E-state index in [9.17, 15) is 8.42 Å². The number of nitrogens with one attached hydrogen (secondary N) is 1. The highest BCUT2D eigenvalue weighted by Crippen LogP contribution is 2.21. The van der Waals surface area contributed by atoms with Gasteiger partial charge in [-0.3, -0.25) is 0 Å². The van der Waals surface area contributed by atoms with Gasteiger partial charge in [0.1, 0.15) is 0 Å². The average Bonchev–Trinajstić information content (AvgIpc) is 2.68. The van der Waals surface area contributed by atoms with Gasteiger partial charge in [0.2, 0.25) is 10.0 Å². The normalized spacial score (nSPS) is 20.4. The molecule has 7 heteroatoms. The lowest BCUT2D eigenvalue weighted by molar-refractivity contribution is 0.195. The Morgan fingerprint density at radius 2 is 2.12 bits per heavy atom. The van der Waals surface area contributed by atoms with Crippen LogP contribution in [0.5, 0.6) is 0 Å². The number of anilines is 2. The summed E-state index contributed by atoms with van der Waals surface area (Å²) in [6.07, 6.45) is 0.888. The minimum absolute atomic E-state index is 0.0129. The molecule has 0 spiro atoms. The maximum atomic E-state index is 11.2. The predicted molar refractivity (Wildman–Crippen MR) is 65.1 cm³/mol. The van der Waals surface area contributed by atoms with Gasteiger partial charge in [-0.1, -0.05) is 0 Å². The van der Waals surface area contributed by atoms with Crippen molar-refractivity contribution in [3.63, 3.8) is 0 Å². The third-order valence-corrected chi connectivity index (χ3v) is 3.45. The second-order valence-corrected chi connectivity index (χ2v) is 5.60. The van der Waals surface area contributed by atoms with Crippen molar-refractivity contribution in [1.82, 2.24) is 0 Å².